The summed E-state index contributed by atoms with van der Waals surface area (Å²) in [5.74, 6) is 0.938. The first kappa shape index (κ1) is 14.9. The molecule has 1 N–H and O–H groups in total. The van der Waals surface area contributed by atoms with E-state index >= 15 is 0 Å². The summed E-state index contributed by atoms with van der Waals surface area (Å²) < 4.78 is 5.06. The summed E-state index contributed by atoms with van der Waals surface area (Å²) in [5.41, 5.74) is 1.73. The van der Waals surface area contributed by atoms with Gasteiger partial charge >= 0.3 is 5.97 Å². The van der Waals surface area contributed by atoms with E-state index in [1.54, 1.807) is 11.8 Å². The van der Waals surface area contributed by atoms with Crippen molar-refractivity contribution >= 4 is 23.6 Å². The Balaban J connectivity index is 1.98. The van der Waals surface area contributed by atoms with E-state index in [0.29, 0.717) is 18.7 Å². The van der Waals surface area contributed by atoms with Crippen LogP contribution in [-0.4, -0.2) is 51.1 Å². The Kier molecular flexibility index (Phi) is 4.69. The second kappa shape index (κ2) is 6.30. The Bertz CT molecular complexity index is 495. The first-order valence-corrected chi connectivity index (χ1v) is 7.68. The van der Waals surface area contributed by atoms with Gasteiger partial charge in [-0.1, -0.05) is 5.16 Å². The topological polar surface area (TPSA) is 83.6 Å². The Morgan fingerprint density at radius 2 is 2.25 bits per heavy atom. The van der Waals surface area contributed by atoms with Gasteiger partial charge in [-0.3, -0.25) is 4.79 Å². The minimum absolute atomic E-state index is 0.113. The molecule has 0 aliphatic carbocycles. The van der Waals surface area contributed by atoms with Crippen LogP contribution in [0.5, 0.6) is 0 Å². The lowest BCUT2D eigenvalue weighted by molar-refractivity contribution is -0.149. The van der Waals surface area contributed by atoms with Crippen LogP contribution >= 0.6 is 11.8 Å². The molecule has 1 unspecified atom stereocenters. The van der Waals surface area contributed by atoms with Crippen molar-refractivity contribution in [2.75, 3.05) is 18.1 Å². The lowest BCUT2D eigenvalue weighted by Gasteiger charge is -2.32. The van der Waals surface area contributed by atoms with Crippen LogP contribution in [0.1, 0.15) is 23.4 Å². The summed E-state index contributed by atoms with van der Waals surface area (Å²) in [6.07, 6.45) is 0.827. The molecule has 0 spiro atoms. The number of aryl methyl sites for hydroxylation is 2. The van der Waals surface area contributed by atoms with Crippen LogP contribution in [-0.2, 0) is 16.0 Å². The Morgan fingerprint density at radius 1 is 1.50 bits per heavy atom. The van der Waals surface area contributed by atoms with Crippen LogP contribution in [0.3, 0.4) is 0 Å². The highest BCUT2D eigenvalue weighted by Gasteiger charge is 2.32. The summed E-state index contributed by atoms with van der Waals surface area (Å²) >= 11 is 1.57. The zero-order valence-corrected chi connectivity index (χ0v) is 12.4. The number of thioether (sulfide) groups is 1. The van der Waals surface area contributed by atoms with Crippen LogP contribution in [0.4, 0.5) is 0 Å². The van der Waals surface area contributed by atoms with Crippen molar-refractivity contribution in [1.82, 2.24) is 10.1 Å². The van der Waals surface area contributed by atoms with Gasteiger partial charge in [0.25, 0.3) is 0 Å². The molecular weight excluding hydrogens is 280 g/mol. The highest BCUT2D eigenvalue weighted by molar-refractivity contribution is 7.99. The molecule has 1 aliphatic heterocycles. The predicted molar refractivity (Wildman–Crippen MR) is 74.8 cm³/mol. The standard InChI is InChI=1S/C13H18N2O4S/c1-8-10(9(2)19-14-8)3-4-12(16)15-5-6-20-7-11(15)13(17)18/h11H,3-7H2,1-2H3,(H,17,18). The van der Waals surface area contributed by atoms with Gasteiger partial charge < -0.3 is 14.5 Å². The minimum atomic E-state index is -0.928. The molecule has 1 aromatic rings. The molecule has 1 aliphatic rings. The molecule has 0 aromatic carbocycles. The maximum Gasteiger partial charge on any atom is 0.327 e. The summed E-state index contributed by atoms with van der Waals surface area (Å²) in [7, 11) is 0. The maximum atomic E-state index is 12.2. The SMILES string of the molecule is Cc1noc(C)c1CCC(=O)N1CCSCC1C(=O)O. The van der Waals surface area contributed by atoms with Crippen molar-refractivity contribution in [3.05, 3.63) is 17.0 Å². The average molecular weight is 298 g/mol. The van der Waals surface area contributed by atoms with Gasteiger partial charge in [-0.15, -0.1) is 0 Å². The molecule has 7 heteroatoms. The largest absolute Gasteiger partial charge is 0.480 e. The molecule has 1 atom stereocenters. The number of aliphatic carboxylic acids is 1. The zero-order chi connectivity index (χ0) is 14.7. The number of carbonyl (C=O) groups is 2. The number of nitrogens with zero attached hydrogens (tertiary/aromatic N) is 2. The smallest absolute Gasteiger partial charge is 0.327 e. The van der Waals surface area contributed by atoms with Crippen LogP contribution in [0.2, 0.25) is 0 Å². The van der Waals surface area contributed by atoms with Crippen LogP contribution in [0, 0.1) is 13.8 Å². The van der Waals surface area contributed by atoms with Crippen molar-refractivity contribution in [2.24, 2.45) is 0 Å². The van der Waals surface area contributed by atoms with Gasteiger partial charge in [0.15, 0.2) is 0 Å². The van der Waals surface area contributed by atoms with Gasteiger partial charge in [0.05, 0.1) is 5.69 Å². The second-order valence-electron chi connectivity index (χ2n) is 4.82. The van der Waals surface area contributed by atoms with E-state index < -0.39 is 12.0 Å². The van der Waals surface area contributed by atoms with E-state index in [1.807, 2.05) is 13.8 Å². The highest BCUT2D eigenvalue weighted by atomic mass is 32.2. The first-order chi connectivity index (χ1) is 9.50. The van der Waals surface area contributed by atoms with Crippen LogP contribution < -0.4 is 0 Å². The number of amides is 1. The minimum Gasteiger partial charge on any atom is -0.480 e. The quantitative estimate of drug-likeness (QED) is 0.900. The van der Waals surface area contributed by atoms with E-state index in [0.717, 1.165) is 22.8 Å². The molecule has 0 saturated carbocycles. The van der Waals surface area contributed by atoms with Gasteiger partial charge in [-0.05, 0) is 20.3 Å². The Hall–Kier alpha value is -1.50. The number of aromatic nitrogens is 1. The first-order valence-electron chi connectivity index (χ1n) is 6.52. The van der Waals surface area contributed by atoms with Crippen LogP contribution in [0.15, 0.2) is 4.52 Å². The summed E-state index contributed by atoms with van der Waals surface area (Å²) in [6.45, 7) is 4.16. The van der Waals surface area contributed by atoms with E-state index in [1.165, 1.54) is 4.90 Å². The van der Waals surface area contributed by atoms with E-state index in [-0.39, 0.29) is 12.3 Å². The van der Waals surface area contributed by atoms with Crippen molar-refractivity contribution in [1.29, 1.82) is 0 Å². The van der Waals surface area contributed by atoms with Gasteiger partial charge in [-0.25, -0.2) is 4.79 Å². The lowest BCUT2D eigenvalue weighted by atomic mass is 10.1. The molecule has 1 saturated heterocycles. The van der Waals surface area contributed by atoms with E-state index in [2.05, 4.69) is 5.16 Å². The maximum absolute atomic E-state index is 12.2. The number of carbonyl (C=O) groups excluding carboxylic acids is 1. The number of hydrogen-bond donors (Lipinski definition) is 1. The van der Waals surface area contributed by atoms with Crippen molar-refractivity contribution in [3.8, 4) is 0 Å². The highest BCUT2D eigenvalue weighted by Crippen LogP contribution is 2.20. The number of carboxylic acid groups (broad SMARTS) is 1. The van der Waals surface area contributed by atoms with E-state index in [4.69, 9.17) is 9.63 Å². The van der Waals surface area contributed by atoms with Crippen molar-refractivity contribution in [2.45, 2.75) is 32.7 Å². The van der Waals surface area contributed by atoms with Gasteiger partial charge in [0.2, 0.25) is 5.91 Å². The summed E-state index contributed by atoms with van der Waals surface area (Å²) in [5, 5.41) is 13.0. The third-order valence-electron chi connectivity index (χ3n) is 3.50. The third-order valence-corrected chi connectivity index (χ3v) is 4.53. The molecule has 1 amide bonds. The fourth-order valence-electron chi connectivity index (χ4n) is 2.34. The van der Waals surface area contributed by atoms with Gasteiger partial charge in [0, 0.05) is 30.0 Å². The number of carboxylic acids is 1. The monoisotopic (exact) mass is 298 g/mol. The Morgan fingerprint density at radius 3 is 2.85 bits per heavy atom. The van der Waals surface area contributed by atoms with Gasteiger partial charge in [-0.2, -0.15) is 11.8 Å². The molecule has 0 bridgehead atoms. The van der Waals surface area contributed by atoms with Crippen molar-refractivity contribution < 1.29 is 19.2 Å². The third kappa shape index (κ3) is 3.15. The molecule has 2 heterocycles. The summed E-state index contributed by atoms with van der Waals surface area (Å²) in [4.78, 5) is 24.9. The van der Waals surface area contributed by atoms with Crippen LogP contribution in [0.25, 0.3) is 0 Å². The molecule has 2 rings (SSSR count). The summed E-state index contributed by atoms with van der Waals surface area (Å²) in [6, 6.07) is -0.703. The fraction of sp³-hybridized carbons (Fsp3) is 0.615. The second-order valence-corrected chi connectivity index (χ2v) is 5.97. The number of hydrogen-bond acceptors (Lipinski definition) is 5. The molecule has 110 valence electrons. The van der Waals surface area contributed by atoms with Crippen molar-refractivity contribution in [3.63, 3.8) is 0 Å². The Labute approximate surface area is 121 Å². The molecule has 1 aromatic heterocycles. The lowest BCUT2D eigenvalue weighted by Crippen LogP contribution is -2.50. The van der Waals surface area contributed by atoms with E-state index in [9.17, 15) is 9.59 Å². The molecule has 0 radical (unpaired) electrons. The molecular formula is C13H18N2O4S. The predicted octanol–water partition coefficient (Wildman–Crippen LogP) is 1.25. The molecule has 6 nitrogen and oxygen atoms in total. The normalized spacial score (nSPS) is 19.1. The number of rotatable bonds is 4. The van der Waals surface area contributed by atoms with Gasteiger partial charge in [0.1, 0.15) is 11.8 Å². The average Bonchev–Trinajstić information content (AvgIpc) is 2.75. The molecule has 1 fully saturated rings. The molecule has 20 heavy (non-hydrogen) atoms. The zero-order valence-electron chi connectivity index (χ0n) is 11.6. The fourth-order valence-corrected chi connectivity index (χ4v) is 3.38.